The number of nitrogens with zero attached hydrogens (tertiary/aromatic N) is 2. The SMILES string of the molecule is C#Cc1ccc2c(c1)[C@H](N(C(=O)O)C(C)C)C[C@H](C)N2C(C)=O. The standard InChI is InChI=1S/C18H22N2O3/c1-6-14-7-8-16-15(10-14)17(19(11(2)3)18(22)23)9-12(4)20(16)13(5)21/h1,7-8,10-12,17H,9H2,2-5H3,(H,22,23)/t12-,17+/m0/s1. The molecule has 2 amide bonds. The van der Waals surface area contributed by atoms with Crippen molar-refractivity contribution in [2.45, 2.75) is 52.2 Å². The number of carbonyl (C=O) groups is 2. The fourth-order valence-electron chi connectivity index (χ4n) is 3.38. The van der Waals surface area contributed by atoms with Crippen molar-refractivity contribution >= 4 is 17.7 Å². The van der Waals surface area contributed by atoms with Crippen molar-refractivity contribution in [1.29, 1.82) is 0 Å². The Morgan fingerprint density at radius 2 is 2.09 bits per heavy atom. The van der Waals surface area contributed by atoms with Gasteiger partial charge in [-0.15, -0.1) is 6.42 Å². The molecular formula is C18H22N2O3. The molecule has 1 aromatic rings. The van der Waals surface area contributed by atoms with Crippen LogP contribution >= 0.6 is 0 Å². The first kappa shape index (κ1) is 16.9. The van der Waals surface area contributed by atoms with Crippen LogP contribution < -0.4 is 4.90 Å². The zero-order valence-corrected chi connectivity index (χ0v) is 13.9. The van der Waals surface area contributed by atoms with E-state index in [1.54, 1.807) is 11.0 Å². The molecular weight excluding hydrogens is 292 g/mol. The number of carboxylic acid groups (broad SMARTS) is 1. The Bertz CT molecular complexity index is 675. The lowest BCUT2D eigenvalue weighted by Crippen LogP contribution is -2.48. The van der Waals surface area contributed by atoms with E-state index in [0.29, 0.717) is 12.0 Å². The van der Waals surface area contributed by atoms with E-state index in [-0.39, 0.29) is 24.0 Å². The van der Waals surface area contributed by atoms with E-state index >= 15 is 0 Å². The van der Waals surface area contributed by atoms with Crippen LogP contribution in [0.15, 0.2) is 18.2 Å². The van der Waals surface area contributed by atoms with Crippen LogP contribution in [-0.4, -0.2) is 34.1 Å². The number of amides is 2. The van der Waals surface area contributed by atoms with E-state index in [2.05, 4.69) is 5.92 Å². The molecule has 1 aromatic carbocycles. The third-order valence-corrected chi connectivity index (χ3v) is 4.27. The molecule has 0 saturated carbocycles. The minimum atomic E-state index is -0.967. The lowest BCUT2D eigenvalue weighted by molar-refractivity contribution is -0.117. The Hall–Kier alpha value is -2.48. The smallest absolute Gasteiger partial charge is 0.408 e. The first-order valence-electron chi connectivity index (χ1n) is 7.69. The van der Waals surface area contributed by atoms with Crippen LogP contribution in [0, 0.1) is 12.3 Å². The first-order chi connectivity index (χ1) is 10.8. The van der Waals surface area contributed by atoms with Gasteiger partial charge in [0.2, 0.25) is 5.91 Å². The van der Waals surface area contributed by atoms with E-state index in [1.807, 2.05) is 32.9 Å². The van der Waals surface area contributed by atoms with Gasteiger partial charge >= 0.3 is 6.09 Å². The quantitative estimate of drug-likeness (QED) is 0.853. The largest absolute Gasteiger partial charge is 0.465 e. The maximum Gasteiger partial charge on any atom is 0.408 e. The molecule has 0 radical (unpaired) electrons. The van der Waals surface area contributed by atoms with Crippen molar-refractivity contribution in [2.24, 2.45) is 0 Å². The van der Waals surface area contributed by atoms with Gasteiger partial charge in [0.15, 0.2) is 0 Å². The highest BCUT2D eigenvalue weighted by Gasteiger charge is 2.38. The van der Waals surface area contributed by atoms with Gasteiger partial charge in [0.05, 0.1) is 6.04 Å². The highest BCUT2D eigenvalue weighted by atomic mass is 16.4. The molecule has 0 saturated heterocycles. The van der Waals surface area contributed by atoms with Gasteiger partial charge < -0.3 is 10.0 Å². The third kappa shape index (κ3) is 3.02. The topological polar surface area (TPSA) is 60.9 Å². The average molecular weight is 314 g/mol. The summed E-state index contributed by atoms with van der Waals surface area (Å²) in [5.74, 6) is 2.52. The van der Waals surface area contributed by atoms with E-state index in [0.717, 1.165) is 11.3 Å². The van der Waals surface area contributed by atoms with Crippen LogP contribution in [0.2, 0.25) is 0 Å². The summed E-state index contributed by atoms with van der Waals surface area (Å²) in [5.41, 5.74) is 2.22. The molecule has 1 aliphatic heterocycles. The number of terminal acetylenes is 1. The minimum absolute atomic E-state index is 0.0583. The first-order valence-corrected chi connectivity index (χ1v) is 7.69. The van der Waals surface area contributed by atoms with Gasteiger partial charge in [0.1, 0.15) is 0 Å². The zero-order chi connectivity index (χ0) is 17.3. The normalized spacial score (nSPS) is 19.9. The molecule has 0 spiro atoms. The molecule has 1 aliphatic rings. The Morgan fingerprint density at radius 1 is 1.43 bits per heavy atom. The van der Waals surface area contributed by atoms with Gasteiger partial charge in [-0.05, 0) is 51.0 Å². The third-order valence-electron chi connectivity index (χ3n) is 4.27. The molecule has 0 unspecified atom stereocenters. The van der Waals surface area contributed by atoms with Gasteiger partial charge in [-0.2, -0.15) is 0 Å². The Balaban J connectivity index is 2.63. The number of benzene rings is 1. The van der Waals surface area contributed by atoms with Crippen LogP contribution in [0.3, 0.4) is 0 Å². The summed E-state index contributed by atoms with van der Waals surface area (Å²) in [5, 5.41) is 9.61. The number of anilines is 1. The summed E-state index contributed by atoms with van der Waals surface area (Å²) < 4.78 is 0. The van der Waals surface area contributed by atoms with E-state index in [9.17, 15) is 14.7 Å². The zero-order valence-electron chi connectivity index (χ0n) is 13.9. The number of rotatable bonds is 2. The second kappa shape index (κ2) is 6.33. The van der Waals surface area contributed by atoms with Gasteiger partial charge in [-0.1, -0.05) is 5.92 Å². The van der Waals surface area contributed by atoms with Crippen LogP contribution in [0.5, 0.6) is 0 Å². The van der Waals surface area contributed by atoms with Gasteiger partial charge in [-0.25, -0.2) is 4.79 Å². The molecule has 0 bridgehead atoms. The van der Waals surface area contributed by atoms with Gasteiger partial charge in [-0.3, -0.25) is 9.69 Å². The number of fused-ring (bicyclic) bond motifs is 1. The maximum atomic E-state index is 12.0. The van der Waals surface area contributed by atoms with Crippen molar-refractivity contribution in [3.8, 4) is 12.3 Å². The summed E-state index contributed by atoms with van der Waals surface area (Å²) in [4.78, 5) is 26.9. The molecule has 0 aliphatic carbocycles. The predicted molar refractivity (Wildman–Crippen MR) is 89.4 cm³/mol. The van der Waals surface area contributed by atoms with Crippen LogP contribution in [0.25, 0.3) is 0 Å². The molecule has 5 nitrogen and oxygen atoms in total. The van der Waals surface area contributed by atoms with Crippen molar-refractivity contribution < 1.29 is 14.7 Å². The number of hydrogen-bond donors (Lipinski definition) is 1. The summed E-state index contributed by atoms with van der Waals surface area (Å²) >= 11 is 0. The van der Waals surface area contributed by atoms with Crippen LogP contribution in [0.4, 0.5) is 10.5 Å². The molecule has 1 N–H and O–H groups in total. The highest BCUT2D eigenvalue weighted by Crippen LogP contribution is 2.41. The molecule has 0 aromatic heterocycles. The Morgan fingerprint density at radius 3 is 2.57 bits per heavy atom. The molecule has 0 fully saturated rings. The maximum absolute atomic E-state index is 12.0. The molecule has 2 atom stereocenters. The molecule has 5 heteroatoms. The van der Waals surface area contributed by atoms with Crippen molar-refractivity contribution in [1.82, 2.24) is 4.90 Å². The summed E-state index contributed by atoms with van der Waals surface area (Å²) in [6.07, 6.45) is 5.06. The van der Waals surface area contributed by atoms with Crippen molar-refractivity contribution in [2.75, 3.05) is 4.90 Å². The predicted octanol–water partition coefficient (Wildman–Crippen LogP) is 3.24. The number of carbonyl (C=O) groups excluding carboxylic acids is 1. The van der Waals surface area contributed by atoms with Gasteiger partial charge in [0.25, 0.3) is 0 Å². The minimum Gasteiger partial charge on any atom is -0.465 e. The molecule has 2 rings (SSSR count). The van der Waals surface area contributed by atoms with Crippen molar-refractivity contribution in [3.05, 3.63) is 29.3 Å². The monoisotopic (exact) mass is 314 g/mol. The molecule has 23 heavy (non-hydrogen) atoms. The van der Waals surface area contributed by atoms with Gasteiger partial charge in [0, 0.05) is 30.3 Å². The lowest BCUT2D eigenvalue weighted by atomic mass is 9.88. The second-order valence-electron chi connectivity index (χ2n) is 6.19. The summed E-state index contributed by atoms with van der Waals surface area (Å²) in [6.45, 7) is 7.15. The second-order valence-corrected chi connectivity index (χ2v) is 6.19. The summed E-state index contributed by atoms with van der Waals surface area (Å²) in [6, 6.07) is 4.85. The fraction of sp³-hybridized carbons (Fsp3) is 0.444. The molecule has 1 heterocycles. The lowest BCUT2D eigenvalue weighted by Gasteiger charge is -2.43. The summed E-state index contributed by atoms with van der Waals surface area (Å²) in [7, 11) is 0. The Kier molecular flexibility index (Phi) is 4.65. The fourth-order valence-corrected chi connectivity index (χ4v) is 3.38. The molecule has 122 valence electrons. The van der Waals surface area contributed by atoms with Crippen LogP contribution in [-0.2, 0) is 4.79 Å². The number of hydrogen-bond acceptors (Lipinski definition) is 2. The van der Waals surface area contributed by atoms with E-state index < -0.39 is 6.09 Å². The van der Waals surface area contributed by atoms with E-state index in [1.165, 1.54) is 11.8 Å². The Labute approximate surface area is 136 Å². The highest BCUT2D eigenvalue weighted by molar-refractivity contribution is 5.94. The van der Waals surface area contributed by atoms with Crippen molar-refractivity contribution in [3.63, 3.8) is 0 Å². The average Bonchev–Trinajstić information content (AvgIpc) is 2.45. The van der Waals surface area contributed by atoms with E-state index in [4.69, 9.17) is 6.42 Å². The van der Waals surface area contributed by atoms with Crippen LogP contribution in [0.1, 0.15) is 51.3 Å².